The summed E-state index contributed by atoms with van der Waals surface area (Å²) in [6.45, 7) is 7.24. The van der Waals surface area contributed by atoms with E-state index in [1.807, 2.05) is 0 Å². The van der Waals surface area contributed by atoms with Gasteiger partial charge in [0.15, 0.2) is 17.9 Å². The standard InChI is InChI=1S/C47H82N6O8/c1-4-6-21-37-26-28-45(60-37)33-35-24-25-38-40(46(27-18-20-34(3)59-46)51-44(50-45)53(35)38)42(55)58-36(5-2)22-16-14-12-10-8-7-9-11-13-15-17-23-39-41(54)52(32-19-30-48)43(56)47(57,61-39)29-31-49/h6,21,34-40,43,56-57H,4-5,7-20,22-33,48-49H2,1-3H3,(H,50,51)/p+1/b21-6+/t34-,35+,36?,37+,38-,39-,40-,43-,45+,46-,47+/m0/s1. The second-order valence-corrected chi connectivity index (χ2v) is 19.2. The van der Waals surface area contributed by atoms with Crippen molar-refractivity contribution in [1.82, 2.24) is 15.5 Å². The summed E-state index contributed by atoms with van der Waals surface area (Å²) >= 11 is 0. The predicted octanol–water partition coefficient (Wildman–Crippen LogP) is 5.55. The Morgan fingerprint density at radius 2 is 1.66 bits per heavy atom. The van der Waals surface area contributed by atoms with E-state index in [1.165, 1.54) is 37.0 Å². The zero-order valence-corrected chi connectivity index (χ0v) is 38.0. The van der Waals surface area contributed by atoms with Crippen molar-refractivity contribution < 1.29 is 43.3 Å². The Kier molecular flexibility index (Phi) is 17.8. The minimum Gasteiger partial charge on any atom is -0.462 e. The average Bonchev–Trinajstić information content (AvgIpc) is 3.83. The number of nitrogens with one attached hydrogen (secondary N) is 2. The van der Waals surface area contributed by atoms with E-state index in [0.29, 0.717) is 25.4 Å². The van der Waals surface area contributed by atoms with Crippen molar-refractivity contribution in [2.45, 2.75) is 241 Å². The molecule has 4 saturated heterocycles. The van der Waals surface area contributed by atoms with Gasteiger partial charge < -0.3 is 45.5 Å². The van der Waals surface area contributed by atoms with E-state index in [1.54, 1.807) is 0 Å². The van der Waals surface area contributed by atoms with E-state index >= 15 is 0 Å². The highest BCUT2D eigenvalue weighted by atomic mass is 16.7. The molecule has 6 rings (SSSR count). The summed E-state index contributed by atoms with van der Waals surface area (Å²) in [7, 11) is 0. The molecular formula is C47H83N6O8+. The number of hydrogen-bond donors (Lipinski definition) is 6. The van der Waals surface area contributed by atoms with Crippen LogP contribution in [0, 0.1) is 5.92 Å². The maximum Gasteiger partial charge on any atom is 0.350 e. The minimum atomic E-state index is -1.85. The quantitative estimate of drug-likeness (QED) is 0.0307. The molecule has 348 valence electrons. The molecule has 1 unspecified atom stereocenters. The molecule has 11 atom stereocenters. The van der Waals surface area contributed by atoms with Gasteiger partial charge in [-0.15, -0.1) is 0 Å². The zero-order valence-electron chi connectivity index (χ0n) is 38.0. The molecule has 14 heteroatoms. The van der Waals surface area contributed by atoms with Crippen LogP contribution in [0.3, 0.4) is 0 Å². The molecule has 0 aromatic carbocycles. The molecule has 4 fully saturated rings. The third-order valence-corrected chi connectivity index (χ3v) is 14.5. The first kappa shape index (κ1) is 48.1. The van der Waals surface area contributed by atoms with Gasteiger partial charge in [-0.05, 0) is 90.6 Å². The van der Waals surface area contributed by atoms with Crippen molar-refractivity contribution in [2.24, 2.45) is 17.4 Å². The number of carbonyl (C=O) groups is 2. The van der Waals surface area contributed by atoms with Crippen molar-refractivity contribution in [1.29, 1.82) is 0 Å². The van der Waals surface area contributed by atoms with Crippen molar-refractivity contribution in [3.8, 4) is 0 Å². The highest BCUT2D eigenvalue weighted by Crippen LogP contribution is 2.47. The molecular weight excluding hydrogens is 777 g/mol. The first-order valence-corrected chi connectivity index (χ1v) is 24.7. The highest BCUT2D eigenvalue weighted by molar-refractivity contribution is 5.83. The number of esters is 1. The molecule has 0 bridgehead atoms. The molecule has 0 aromatic heterocycles. The van der Waals surface area contributed by atoms with Crippen molar-refractivity contribution in [2.75, 3.05) is 19.6 Å². The van der Waals surface area contributed by atoms with Crippen LogP contribution in [-0.4, -0.2) is 117 Å². The largest absolute Gasteiger partial charge is 0.462 e. The molecule has 61 heavy (non-hydrogen) atoms. The lowest BCUT2D eigenvalue weighted by Crippen LogP contribution is -2.76. The van der Waals surface area contributed by atoms with E-state index < -0.39 is 23.8 Å². The smallest absolute Gasteiger partial charge is 0.350 e. The van der Waals surface area contributed by atoms with Crippen molar-refractivity contribution in [3.63, 3.8) is 0 Å². The molecule has 2 spiro atoms. The summed E-state index contributed by atoms with van der Waals surface area (Å²) in [5.41, 5.74) is 10.1. The summed E-state index contributed by atoms with van der Waals surface area (Å²) in [4.78, 5) is 28.8. The average molecular weight is 860 g/mol. The Hall–Kier alpha value is -2.33. The van der Waals surface area contributed by atoms with Crippen LogP contribution >= 0.6 is 0 Å². The normalized spacial score (nSPS) is 35.2. The van der Waals surface area contributed by atoms with Crippen LogP contribution in [-0.2, 0) is 28.5 Å². The van der Waals surface area contributed by atoms with Crippen LogP contribution in [0.15, 0.2) is 12.2 Å². The fraction of sp³-hybridized carbons (Fsp3) is 0.894. The van der Waals surface area contributed by atoms with Crippen molar-refractivity contribution in [3.05, 3.63) is 12.2 Å². The minimum absolute atomic E-state index is 0.0406. The van der Waals surface area contributed by atoms with E-state index in [0.717, 1.165) is 115 Å². The van der Waals surface area contributed by atoms with Gasteiger partial charge in [0.1, 0.15) is 12.2 Å². The molecule has 6 aliphatic rings. The Morgan fingerprint density at radius 1 is 0.934 bits per heavy atom. The summed E-state index contributed by atoms with van der Waals surface area (Å²) in [6.07, 6.45) is 26.1. The van der Waals surface area contributed by atoms with Gasteiger partial charge in [0.2, 0.25) is 11.5 Å². The van der Waals surface area contributed by atoms with Gasteiger partial charge >= 0.3 is 11.9 Å². The lowest BCUT2D eigenvalue weighted by atomic mass is 9.80. The Bertz CT molecular complexity index is 1480. The number of unbranched alkanes of at least 4 members (excludes halogenated alkanes) is 10. The number of rotatable bonds is 24. The molecule has 14 nitrogen and oxygen atoms in total. The Balaban J connectivity index is 0.883. The van der Waals surface area contributed by atoms with Gasteiger partial charge in [0.05, 0.1) is 24.3 Å². The Labute approximate surface area is 366 Å². The molecule has 1 amide bonds. The SMILES string of the molecule is CC/C=C/[C@@H]1CC[C@]2(C[C@H]3CC[C@H]4[C@@H](C(=O)OC(CC)CCCCCCCCCCCCC[C@@H]5O[C@](O)(CCN)[C@H](O)N(CCCN)C5=O)[C@@]5(CCC[C@H](C)O5)NC(=[N+]34)N2)O1. The monoisotopic (exact) mass is 860 g/mol. The van der Waals surface area contributed by atoms with Crippen LogP contribution < -0.4 is 22.1 Å². The maximum atomic E-state index is 14.4. The molecule has 6 heterocycles. The summed E-state index contributed by atoms with van der Waals surface area (Å²) in [5.74, 6) is -1.64. The highest BCUT2D eigenvalue weighted by Gasteiger charge is 2.65. The number of aliphatic hydroxyl groups excluding tert-OH is 1. The van der Waals surface area contributed by atoms with Crippen LogP contribution in [0.1, 0.15) is 181 Å². The number of amides is 1. The van der Waals surface area contributed by atoms with Crippen LogP contribution in [0.2, 0.25) is 0 Å². The predicted molar refractivity (Wildman–Crippen MR) is 235 cm³/mol. The number of aliphatic hydroxyl groups is 2. The van der Waals surface area contributed by atoms with Crippen molar-refractivity contribution >= 4 is 17.8 Å². The van der Waals surface area contributed by atoms with Gasteiger partial charge in [0, 0.05) is 32.2 Å². The number of morpholine rings is 1. The molecule has 8 N–H and O–H groups in total. The first-order valence-electron chi connectivity index (χ1n) is 24.7. The number of ether oxygens (including phenoxy) is 4. The number of nitrogens with zero attached hydrogens (tertiary/aromatic N) is 2. The maximum absolute atomic E-state index is 14.4. The van der Waals surface area contributed by atoms with Gasteiger partial charge in [-0.25, -0.2) is 10.6 Å². The van der Waals surface area contributed by atoms with E-state index in [9.17, 15) is 19.8 Å². The molecule has 0 aromatic rings. The molecule has 0 aliphatic carbocycles. The summed E-state index contributed by atoms with van der Waals surface area (Å²) < 4.78 is 28.2. The van der Waals surface area contributed by atoms with E-state index in [-0.39, 0.29) is 67.4 Å². The summed E-state index contributed by atoms with van der Waals surface area (Å²) in [6, 6.07) is 0.361. The first-order chi connectivity index (χ1) is 29.5. The van der Waals surface area contributed by atoms with Gasteiger partial charge in [-0.3, -0.25) is 14.2 Å². The molecule has 0 saturated carbocycles. The van der Waals surface area contributed by atoms with Crippen LogP contribution in [0.4, 0.5) is 0 Å². The topological polar surface area (TPSA) is 194 Å². The number of carbonyl (C=O) groups excluding carboxylic acids is 2. The fourth-order valence-electron chi connectivity index (χ4n) is 11.3. The van der Waals surface area contributed by atoms with Gasteiger partial charge in [0.25, 0.3) is 5.91 Å². The summed E-state index contributed by atoms with van der Waals surface area (Å²) in [5, 5.41) is 29.2. The lowest BCUT2D eigenvalue weighted by Gasteiger charge is -2.50. The van der Waals surface area contributed by atoms with E-state index in [4.69, 9.17) is 30.4 Å². The third kappa shape index (κ3) is 11.7. The molecule has 6 aliphatic heterocycles. The van der Waals surface area contributed by atoms with E-state index in [2.05, 4.69) is 48.1 Å². The van der Waals surface area contributed by atoms with Gasteiger partial charge in [-0.1, -0.05) is 90.2 Å². The second-order valence-electron chi connectivity index (χ2n) is 19.2. The lowest BCUT2D eigenvalue weighted by molar-refractivity contribution is -0.608. The van der Waals surface area contributed by atoms with Crippen LogP contribution in [0.5, 0.6) is 0 Å². The number of allylic oxidation sites excluding steroid dienone is 1. The number of guanidine groups is 1. The second kappa shape index (κ2) is 22.5. The number of hydrogen-bond acceptors (Lipinski definition) is 12. The Morgan fingerprint density at radius 3 is 2.33 bits per heavy atom. The van der Waals surface area contributed by atoms with Gasteiger partial charge in [-0.2, -0.15) is 0 Å². The van der Waals surface area contributed by atoms with Crippen LogP contribution in [0.25, 0.3) is 0 Å². The fourth-order valence-corrected chi connectivity index (χ4v) is 11.3. The molecule has 0 radical (unpaired) electrons. The zero-order chi connectivity index (χ0) is 43.5. The third-order valence-electron chi connectivity index (χ3n) is 14.5. The number of nitrogens with two attached hydrogens (primary N) is 2.